The van der Waals surface area contributed by atoms with E-state index in [0.29, 0.717) is 5.75 Å². The molecule has 1 fully saturated rings. The van der Waals surface area contributed by atoms with E-state index in [2.05, 4.69) is 5.32 Å². The fourth-order valence-corrected chi connectivity index (χ4v) is 1.95. The lowest BCUT2D eigenvalue weighted by Crippen LogP contribution is -2.29. The van der Waals surface area contributed by atoms with E-state index in [0.717, 1.165) is 24.8 Å². The third kappa shape index (κ3) is 1.97. The number of halogens is 1. The maximum atomic E-state index is 13.4. The van der Waals surface area contributed by atoms with Gasteiger partial charge >= 0.3 is 0 Å². The summed E-state index contributed by atoms with van der Waals surface area (Å²) < 4.78 is 18.5. The normalized spacial score (nSPS) is 17.5. The smallest absolute Gasteiger partial charge is 0.165 e. The average molecular weight is 209 g/mol. The van der Waals surface area contributed by atoms with Crippen molar-refractivity contribution in [2.45, 2.75) is 24.8 Å². The maximum Gasteiger partial charge on any atom is 0.165 e. The van der Waals surface area contributed by atoms with Gasteiger partial charge in [-0.1, -0.05) is 12.1 Å². The molecule has 1 N–H and O–H groups in total. The van der Waals surface area contributed by atoms with Crippen molar-refractivity contribution in [2.75, 3.05) is 14.2 Å². The van der Waals surface area contributed by atoms with Crippen molar-refractivity contribution >= 4 is 0 Å². The Labute approximate surface area is 89.4 Å². The Balaban J connectivity index is 2.24. The summed E-state index contributed by atoms with van der Waals surface area (Å²) in [5.74, 6) is 0.112. The molecule has 0 aromatic heterocycles. The highest BCUT2D eigenvalue weighted by Gasteiger charge is 2.41. The Morgan fingerprint density at radius 1 is 1.47 bits per heavy atom. The minimum atomic E-state index is -0.276. The first-order valence-electron chi connectivity index (χ1n) is 5.21. The molecule has 15 heavy (non-hydrogen) atoms. The van der Waals surface area contributed by atoms with Crippen molar-refractivity contribution in [3.8, 4) is 5.75 Å². The van der Waals surface area contributed by atoms with Crippen LogP contribution in [0, 0.1) is 5.82 Å². The first-order chi connectivity index (χ1) is 7.21. The van der Waals surface area contributed by atoms with Gasteiger partial charge in [-0.2, -0.15) is 0 Å². The maximum absolute atomic E-state index is 13.4. The first-order valence-corrected chi connectivity index (χ1v) is 5.21. The van der Waals surface area contributed by atoms with Gasteiger partial charge in [0.1, 0.15) is 0 Å². The van der Waals surface area contributed by atoms with Gasteiger partial charge in [0.05, 0.1) is 7.11 Å². The van der Waals surface area contributed by atoms with E-state index in [1.165, 1.54) is 13.2 Å². The van der Waals surface area contributed by atoms with Crippen LogP contribution in [0.3, 0.4) is 0 Å². The summed E-state index contributed by atoms with van der Waals surface area (Å²) in [4.78, 5) is 0. The zero-order valence-corrected chi connectivity index (χ0v) is 9.14. The molecule has 1 saturated carbocycles. The molecule has 1 aliphatic carbocycles. The number of likely N-dealkylation sites (N-methyl/N-ethyl adjacent to an activating group) is 1. The molecule has 2 rings (SSSR count). The van der Waals surface area contributed by atoms with Crippen molar-refractivity contribution in [3.63, 3.8) is 0 Å². The zero-order valence-electron chi connectivity index (χ0n) is 9.14. The van der Waals surface area contributed by atoms with Gasteiger partial charge in [-0.15, -0.1) is 0 Å². The molecule has 0 bridgehead atoms. The quantitative estimate of drug-likeness (QED) is 0.820. The van der Waals surface area contributed by atoms with E-state index >= 15 is 0 Å². The third-order valence-electron chi connectivity index (χ3n) is 3.17. The molecule has 0 heterocycles. The minimum Gasteiger partial charge on any atom is -0.493 e. The van der Waals surface area contributed by atoms with Crippen LogP contribution in [0.2, 0.25) is 0 Å². The van der Waals surface area contributed by atoms with Crippen LogP contribution in [0.1, 0.15) is 18.4 Å². The second-order valence-electron chi connectivity index (χ2n) is 4.14. The van der Waals surface area contributed by atoms with Gasteiger partial charge in [0.25, 0.3) is 0 Å². The van der Waals surface area contributed by atoms with E-state index in [-0.39, 0.29) is 11.4 Å². The molecule has 1 aromatic carbocycles. The van der Waals surface area contributed by atoms with Crippen molar-refractivity contribution < 1.29 is 9.13 Å². The molecule has 82 valence electrons. The van der Waals surface area contributed by atoms with E-state index in [1.54, 1.807) is 6.07 Å². The molecule has 0 unspecified atom stereocenters. The zero-order chi connectivity index (χ0) is 10.9. The SMILES string of the molecule is CNC1(Cc2cccc(F)c2OC)CC1. The van der Waals surface area contributed by atoms with Crippen LogP contribution in [-0.4, -0.2) is 19.7 Å². The molecular weight excluding hydrogens is 193 g/mol. The lowest BCUT2D eigenvalue weighted by Gasteiger charge is -2.16. The predicted octanol–water partition coefficient (Wildman–Crippen LogP) is 2.13. The highest BCUT2D eigenvalue weighted by molar-refractivity contribution is 5.37. The van der Waals surface area contributed by atoms with Crippen molar-refractivity contribution in [2.24, 2.45) is 0 Å². The number of para-hydroxylation sites is 1. The molecule has 1 aromatic rings. The minimum absolute atomic E-state index is 0.182. The summed E-state index contributed by atoms with van der Waals surface area (Å²) in [5.41, 5.74) is 1.13. The Kier molecular flexibility index (Phi) is 2.65. The summed E-state index contributed by atoms with van der Waals surface area (Å²) in [5, 5.41) is 3.29. The molecule has 0 radical (unpaired) electrons. The van der Waals surface area contributed by atoms with Gasteiger partial charge in [-0.25, -0.2) is 4.39 Å². The third-order valence-corrected chi connectivity index (χ3v) is 3.17. The molecule has 0 atom stereocenters. The number of methoxy groups -OCH3 is 1. The second-order valence-corrected chi connectivity index (χ2v) is 4.14. The van der Waals surface area contributed by atoms with Crippen LogP contribution in [0.4, 0.5) is 4.39 Å². The standard InChI is InChI=1S/C12H16FNO/c1-14-12(6-7-12)8-9-4-3-5-10(13)11(9)15-2/h3-5,14H,6-8H2,1-2H3. The Bertz CT molecular complexity index is 361. The van der Waals surface area contributed by atoms with E-state index in [4.69, 9.17) is 4.74 Å². The van der Waals surface area contributed by atoms with Crippen LogP contribution in [-0.2, 0) is 6.42 Å². The molecule has 0 amide bonds. The van der Waals surface area contributed by atoms with Gasteiger partial charge < -0.3 is 10.1 Å². The monoisotopic (exact) mass is 209 g/mol. The van der Waals surface area contributed by atoms with Crippen LogP contribution in [0.15, 0.2) is 18.2 Å². The largest absolute Gasteiger partial charge is 0.493 e. The van der Waals surface area contributed by atoms with Crippen LogP contribution >= 0.6 is 0 Å². The molecule has 1 aliphatic rings. The Morgan fingerprint density at radius 3 is 2.73 bits per heavy atom. The van der Waals surface area contributed by atoms with E-state index in [1.807, 2.05) is 13.1 Å². The van der Waals surface area contributed by atoms with E-state index < -0.39 is 0 Å². The molecule has 3 heteroatoms. The molecule has 0 aliphatic heterocycles. The Morgan fingerprint density at radius 2 is 2.20 bits per heavy atom. The number of hydrogen-bond acceptors (Lipinski definition) is 2. The van der Waals surface area contributed by atoms with Crippen molar-refractivity contribution in [1.82, 2.24) is 5.32 Å². The highest BCUT2D eigenvalue weighted by Crippen LogP contribution is 2.40. The summed E-state index contributed by atoms with van der Waals surface area (Å²) in [7, 11) is 3.47. The van der Waals surface area contributed by atoms with Gasteiger partial charge in [0.2, 0.25) is 0 Å². The topological polar surface area (TPSA) is 21.3 Å². The van der Waals surface area contributed by atoms with Crippen LogP contribution in [0.5, 0.6) is 5.75 Å². The Hall–Kier alpha value is -1.09. The van der Waals surface area contributed by atoms with Gasteiger partial charge in [0, 0.05) is 5.54 Å². The molecule has 0 saturated heterocycles. The average Bonchev–Trinajstić information content (AvgIpc) is 2.99. The summed E-state index contributed by atoms with van der Waals surface area (Å²) in [6, 6.07) is 5.10. The van der Waals surface area contributed by atoms with Crippen molar-refractivity contribution in [1.29, 1.82) is 0 Å². The molecule has 0 spiro atoms. The number of rotatable bonds is 4. The lowest BCUT2D eigenvalue weighted by atomic mass is 10.0. The van der Waals surface area contributed by atoms with Gasteiger partial charge in [-0.05, 0) is 37.9 Å². The van der Waals surface area contributed by atoms with E-state index in [9.17, 15) is 4.39 Å². The molecular formula is C12H16FNO. The summed E-state index contributed by atoms with van der Waals surface area (Å²) >= 11 is 0. The fourth-order valence-electron chi connectivity index (χ4n) is 1.95. The first kappa shape index (κ1) is 10.4. The molecule has 2 nitrogen and oxygen atoms in total. The number of nitrogens with one attached hydrogen (secondary N) is 1. The lowest BCUT2D eigenvalue weighted by molar-refractivity contribution is 0.377. The second kappa shape index (κ2) is 3.81. The van der Waals surface area contributed by atoms with Gasteiger partial charge in [-0.3, -0.25) is 0 Å². The summed E-state index contributed by atoms with van der Waals surface area (Å²) in [6.45, 7) is 0. The number of ether oxygens (including phenoxy) is 1. The number of hydrogen-bond donors (Lipinski definition) is 1. The van der Waals surface area contributed by atoms with Crippen LogP contribution in [0.25, 0.3) is 0 Å². The highest BCUT2D eigenvalue weighted by atomic mass is 19.1. The number of benzene rings is 1. The predicted molar refractivity (Wildman–Crippen MR) is 57.7 cm³/mol. The van der Waals surface area contributed by atoms with Crippen LogP contribution < -0.4 is 10.1 Å². The van der Waals surface area contributed by atoms with Gasteiger partial charge in [0.15, 0.2) is 11.6 Å². The fraction of sp³-hybridized carbons (Fsp3) is 0.500. The van der Waals surface area contributed by atoms with Crippen molar-refractivity contribution in [3.05, 3.63) is 29.6 Å². The summed E-state index contributed by atoms with van der Waals surface area (Å²) in [6.07, 6.45) is 3.15.